The van der Waals surface area contributed by atoms with Gasteiger partial charge in [0.1, 0.15) is 4.88 Å². The van der Waals surface area contributed by atoms with Crippen molar-refractivity contribution >= 4 is 54.8 Å². The molecule has 0 aliphatic rings. The van der Waals surface area contributed by atoms with E-state index in [1.807, 2.05) is 24.3 Å². The number of hydrogen-bond acceptors (Lipinski definition) is 7. The fourth-order valence-corrected chi connectivity index (χ4v) is 4.64. The Morgan fingerprint density at radius 2 is 1.93 bits per heavy atom. The van der Waals surface area contributed by atoms with Crippen LogP contribution in [0.25, 0.3) is 21.5 Å². The van der Waals surface area contributed by atoms with Crippen LogP contribution >= 0.6 is 22.9 Å². The Hall–Kier alpha value is -2.75. The highest BCUT2D eigenvalue weighted by atomic mass is 35.5. The molecule has 0 fully saturated rings. The Morgan fingerprint density at radius 3 is 2.68 bits per heavy atom. The van der Waals surface area contributed by atoms with E-state index in [1.165, 1.54) is 23.5 Å². The summed E-state index contributed by atoms with van der Waals surface area (Å²) in [5.74, 6) is -0.380. The molecule has 0 saturated heterocycles. The lowest BCUT2D eigenvalue weighted by Crippen LogP contribution is -2.10. The molecule has 0 spiro atoms. The van der Waals surface area contributed by atoms with E-state index in [4.69, 9.17) is 16.0 Å². The topological polar surface area (TPSA) is 102 Å². The Labute approximate surface area is 168 Å². The summed E-state index contributed by atoms with van der Waals surface area (Å²) >= 11 is 7.56. The van der Waals surface area contributed by atoms with Crippen molar-refractivity contribution in [3.05, 3.63) is 58.4 Å². The summed E-state index contributed by atoms with van der Waals surface area (Å²) in [6.45, 7) is 0. The predicted molar refractivity (Wildman–Crippen MR) is 108 cm³/mol. The molecule has 2 heterocycles. The van der Waals surface area contributed by atoms with Crippen LogP contribution in [0.4, 0.5) is 6.01 Å². The molecule has 10 heteroatoms. The zero-order valence-electron chi connectivity index (χ0n) is 14.3. The lowest BCUT2D eigenvalue weighted by molar-refractivity contribution is 0.102. The lowest BCUT2D eigenvalue weighted by Gasteiger charge is -2.00. The van der Waals surface area contributed by atoms with E-state index in [0.717, 1.165) is 16.3 Å². The van der Waals surface area contributed by atoms with Crippen LogP contribution in [0.5, 0.6) is 0 Å². The third-order valence-corrected chi connectivity index (χ3v) is 6.68. The molecule has 2 aromatic heterocycles. The maximum Gasteiger partial charge on any atom is 0.322 e. The normalized spacial score (nSPS) is 11.6. The average Bonchev–Trinajstić information content (AvgIpc) is 3.26. The van der Waals surface area contributed by atoms with Gasteiger partial charge in [-0.05, 0) is 24.3 Å². The summed E-state index contributed by atoms with van der Waals surface area (Å²) in [5, 5.41) is 11.3. The fraction of sp³-hybridized carbons (Fsp3) is 0.0556. The maximum absolute atomic E-state index is 12.5. The molecule has 1 N–H and O–H groups in total. The first-order valence-electron chi connectivity index (χ1n) is 7.95. The minimum absolute atomic E-state index is 0.0863. The van der Waals surface area contributed by atoms with Crippen LogP contribution < -0.4 is 5.32 Å². The number of carbonyl (C=O) groups excluding carboxylic acids is 1. The van der Waals surface area contributed by atoms with Crippen LogP contribution in [0.15, 0.2) is 57.8 Å². The van der Waals surface area contributed by atoms with Crippen LogP contribution in [0.2, 0.25) is 5.02 Å². The van der Waals surface area contributed by atoms with Crippen LogP contribution in [0.1, 0.15) is 9.67 Å². The molecule has 0 aliphatic heterocycles. The highest BCUT2D eigenvalue weighted by Crippen LogP contribution is 2.35. The summed E-state index contributed by atoms with van der Waals surface area (Å²) < 4.78 is 29.7. The van der Waals surface area contributed by atoms with Gasteiger partial charge in [-0.1, -0.05) is 41.0 Å². The first kappa shape index (κ1) is 18.6. The molecule has 28 heavy (non-hydrogen) atoms. The van der Waals surface area contributed by atoms with E-state index in [0.29, 0.717) is 15.5 Å². The van der Waals surface area contributed by atoms with Crippen LogP contribution in [-0.4, -0.2) is 30.8 Å². The zero-order valence-corrected chi connectivity index (χ0v) is 16.7. The van der Waals surface area contributed by atoms with E-state index < -0.39 is 15.7 Å². The van der Waals surface area contributed by atoms with Gasteiger partial charge in [0.2, 0.25) is 5.89 Å². The SMILES string of the molecule is CS(=O)(=O)c1cccc(-c2nnc(NC(=O)c3sc4ccccc4c3Cl)o2)c1. The second-order valence-electron chi connectivity index (χ2n) is 5.91. The highest BCUT2D eigenvalue weighted by Gasteiger charge is 2.20. The number of carbonyl (C=O) groups is 1. The van der Waals surface area contributed by atoms with Gasteiger partial charge in [-0.15, -0.1) is 16.4 Å². The minimum Gasteiger partial charge on any atom is -0.403 e. The monoisotopic (exact) mass is 433 g/mol. The van der Waals surface area contributed by atoms with Crippen LogP contribution in [0, 0.1) is 0 Å². The van der Waals surface area contributed by atoms with E-state index >= 15 is 0 Å². The maximum atomic E-state index is 12.5. The van der Waals surface area contributed by atoms with Gasteiger partial charge in [0, 0.05) is 21.9 Å². The van der Waals surface area contributed by atoms with E-state index in [2.05, 4.69) is 15.5 Å². The van der Waals surface area contributed by atoms with Crippen molar-refractivity contribution in [3.8, 4) is 11.5 Å². The molecule has 7 nitrogen and oxygen atoms in total. The second-order valence-corrected chi connectivity index (χ2v) is 9.35. The van der Waals surface area contributed by atoms with E-state index in [-0.39, 0.29) is 16.8 Å². The van der Waals surface area contributed by atoms with Gasteiger partial charge in [0.05, 0.1) is 9.92 Å². The average molecular weight is 434 g/mol. The summed E-state index contributed by atoms with van der Waals surface area (Å²) in [7, 11) is -3.37. The van der Waals surface area contributed by atoms with Gasteiger partial charge in [0.25, 0.3) is 5.91 Å². The van der Waals surface area contributed by atoms with Gasteiger partial charge in [-0.3, -0.25) is 10.1 Å². The predicted octanol–water partition coefficient (Wildman–Crippen LogP) is 4.26. The summed E-state index contributed by atoms with van der Waals surface area (Å²) in [6.07, 6.45) is 1.11. The quantitative estimate of drug-likeness (QED) is 0.515. The van der Waals surface area contributed by atoms with Gasteiger partial charge in [0.15, 0.2) is 9.84 Å². The number of thiophene rings is 1. The molecule has 142 valence electrons. The molecule has 0 unspecified atom stereocenters. The lowest BCUT2D eigenvalue weighted by atomic mass is 10.2. The van der Waals surface area contributed by atoms with Crippen LogP contribution in [-0.2, 0) is 9.84 Å². The molecule has 0 aliphatic carbocycles. The van der Waals surface area contributed by atoms with Crippen molar-refractivity contribution in [1.29, 1.82) is 0 Å². The fourth-order valence-electron chi connectivity index (χ4n) is 2.56. The largest absolute Gasteiger partial charge is 0.403 e. The van der Waals surface area contributed by atoms with Gasteiger partial charge in [-0.25, -0.2) is 8.42 Å². The zero-order chi connectivity index (χ0) is 19.9. The van der Waals surface area contributed by atoms with Gasteiger partial charge >= 0.3 is 6.01 Å². The third-order valence-electron chi connectivity index (χ3n) is 3.90. The molecule has 0 radical (unpaired) electrons. The van der Waals surface area contributed by atoms with E-state index in [9.17, 15) is 13.2 Å². The first-order chi connectivity index (χ1) is 13.3. The molecule has 0 bridgehead atoms. The number of fused-ring (bicyclic) bond motifs is 1. The van der Waals surface area contributed by atoms with Crippen molar-refractivity contribution in [3.63, 3.8) is 0 Å². The number of rotatable bonds is 4. The second kappa shape index (κ2) is 7.01. The molecule has 4 aromatic rings. The number of hydrogen-bond donors (Lipinski definition) is 1. The summed E-state index contributed by atoms with van der Waals surface area (Å²) in [6, 6.07) is 13.4. The van der Waals surface area contributed by atoms with Gasteiger partial charge < -0.3 is 4.42 Å². The first-order valence-corrected chi connectivity index (χ1v) is 11.0. The molecule has 1 amide bonds. The highest BCUT2D eigenvalue weighted by molar-refractivity contribution is 7.90. The number of nitrogens with one attached hydrogen (secondary N) is 1. The number of amides is 1. The molecular formula is C18H12ClN3O4S2. The van der Waals surface area contributed by atoms with Crippen molar-refractivity contribution in [2.75, 3.05) is 11.6 Å². The molecule has 2 aromatic carbocycles. The third kappa shape index (κ3) is 3.51. The summed E-state index contributed by atoms with van der Waals surface area (Å²) in [4.78, 5) is 13.0. The standard InChI is InChI=1S/C18H12ClN3O4S2/c1-28(24,25)11-6-4-5-10(9-11)17-21-22-18(26-17)20-16(23)15-14(19)12-7-2-3-8-13(12)27-15/h2-9H,1H3,(H,20,22,23). The minimum atomic E-state index is -3.37. The number of halogens is 1. The molecule has 4 rings (SSSR count). The van der Waals surface area contributed by atoms with Crippen molar-refractivity contribution < 1.29 is 17.6 Å². The Kier molecular flexibility index (Phi) is 4.66. The number of benzene rings is 2. The number of sulfone groups is 1. The van der Waals surface area contributed by atoms with E-state index in [1.54, 1.807) is 12.1 Å². The molecule has 0 atom stereocenters. The Balaban J connectivity index is 1.60. The van der Waals surface area contributed by atoms with Crippen molar-refractivity contribution in [2.45, 2.75) is 4.90 Å². The van der Waals surface area contributed by atoms with Crippen LogP contribution in [0.3, 0.4) is 0 Å². The van der Waals surface area contributed by atoms with Crippen molar-refractivity contribution in [1.82, 2.24) is 10.2 Å². The Morgan fingerprint density at radius 1 is 1.14 bits per heavy atom. The van der Waals surface area contributed by atoms with Gasteiger partial charge in [-0.2, -0.15) is 0 Å². The number of anilines is 1. The van der Waals surface area contributed by atoms with Crippen molar-refractivity contribution in [2.24, 2.45) is 0 Å². The molecular weight excluding hydrogens is 422 g/mol. The molecule has 0 saturated carbocycles. The Bertz CT molecular complexity index is 1310. The summed E-state index contributed by atoms with van der Waals surface area (Å²) in [5.41, 5.74) is 0.427. The smallest absolute Gasteiger partial charge is 0.322 e. The number of nitrogens with zero attached hydrogens (tertiary/aromatic N) is 2. The number of aromatic nitrogens is 2.